The summed E-state index contributed by atoms with van der Waals surface area (Å²) in [6, 6.07) is 9.98. The van der Waals surface area contributed by atoms with Crippen molar-refractivity contribution in [2.45, 2.75) is 24.7 Å². The third-order valence-electron chi connectivity index (χ3n) is 3.98. The van der Waals surface area contributed by atoms with Crippen molar-refractivity contribution in [3.63, 3.8) is 0 Å². The van der Waals surface area contributed by atoms with Gasteiger partial charge >= 0.3 is 5.97 Å². The van der Waals surface area contributed by atoms with E-state index < -0.39 is 5.41 Å². The van der Waals surface area contributed by atoms with Gasteiger partial charge in [-0.25, -0.2) is 4.98 Å². The molecule has 0 amide bonds. The molecule has 1 aromatic heterocycles. The van der Waals surface area contributed by atoms with Crippen LogP contribution >= 0.6 is 15.9 Å². The van der Waals surface area contributed by atoms with Gasteiger partial charge in [0, 0.05) is 10.9 Å². The maximum absolute atomic E-state index is 12.1. The minimum Gasteiger partial charge on any atom is -0.468 e. The summed E-state index contributed by atoms with van der Waals surface area (Å²) in [5.41, 5.74) is 1.37. The quantitative estimate of drug-likeness (QED) is 0.627. The molecule has 0 spiro atoms. The number of pyridine rings is 1. The molecule has 0 N–H and O–H groups in total. The second kappa shape index (κ2) is 4.60. The summed E-state index contributed by atoms with van der Waals surface area (Å²) in [6.07, 6.45) is 2.71. The first-order valence-electron chi connectivity index (χ1n) is 6.31. The van der Waals surface area contributed by atoms with Gasteiger partial charge in [0.15, 0.2) is 0 Å². The average Bonchev–Trinajstić information content (AvgIpc) is 2.37. The SMILES string of the molecule is COC(=O)C1(c2cc3ccccc3nc2Br)CCC1. The summed E-state index contributed by atoms with van der Waals surface area (Å²) in [4.78, 5) is 16.7. The zero-order valence-corrected chi connectivity index (χ0v) is 12.2. The van der Waals surface area contributed by atoms with Crippen LogP contribution in [0.5, 0.6) is 0 Å². The van der Waals surface area contributed by atoms with Gasteiger partial charge in [-0.2, -0.15) is 0 Å². The van der Waals surface area contributed by atoms with Gasteiger partial charge in [-0.1, -0.05) is 24.6 Å². The van der Waals surface area contributed by atoms with Gasteiger partial charge in [0.25, 0.3) is 0 Å². The maximum atomic E-state index is 12.1. The molecule has 1 heterocycles. The second-order valence-corrected chi connectivity index (χ2v) is 5.70. The number of carbonyl (C=O) groups excluding carboxylic acids is 1. The molecule has 0 saturated heterocycles. The number of hydrogen-bond acceptors (Lipinski definition) is 3. The van der Waals surface area contributed by atoms with Crippen LogP contribution in [0.2, 0.25) is 0 Å². The molecular weight excluding hydrogens is 306 g/mol. The Bertz CT molecular complexity index is 650. The van der Waals surface area contributed by atoms with Crippen molar-refractivity contribution in [1.29, 1.82) is 0 Å². The van der Waals surface area contributed by atoms with Crippen molar-refractivity contribution in [1.82, 2.24) is 4.98 Å². The van der Waals surface area contributed by atoms with E-state index in [1.165, 1.54) is 7.11 Å². The van der Waals surface area contributed by atoms with Gasteiger partial charge in [-0.15, -0.1) is 0 Å². The van der Waals surface area contributed by atoms with Gasteiger partial charge < -0.3 is 4.74 Å². The first-order chi connectivity index (χ1) is 9.17. The Hall–Kier alpha value is -1.42. The summed E-state index contributed by atoms with van der Waals surface area (Å²) in [5, 5.41) is 1.05. The number of ether oxygens (including phenoxy) is 1. The molecule has 0 bridgehead atoms. The summed E-state index contributed by atoms with van der Waals surface area (Å²) in [6.45, 7) is 0. The number of para-hydroxylation sites is 1. The molecule has 1 aliphatic rings. The number of rotatable bonds is 2. The van der Waals surface area contributed by atoms with E-state index in [2.05, 4.69) is 27.0 Å². The molecule has 1 aliphatic carbocycles. The highest BCUT2D eigenvalue weighted by Gasteiger charge is 2.48. The molecule has 1 fully saturated rings. The fourth-order valence-corrected chi connectivity index (χ4v) is 3.42. The third-order valence-corrected chi connectivity index (χ3v) is 4.58. The van der Waals surface area contributed by atoms with Crippen molar-refractivity contribution in [2.24, 2.45) is 0 Å². The Labute approximate surface area is 120 Å². The highest BCUT2D eigenvalue weighted by atomic mass is 79.9. The van der Waals surface area contributed by atoms with Crippen LogP contribution in [0, 0.1) is 0 Å². The van der Waals surface area contributed by atoms with Gasteiger partial charge in [0.05, 0.1) is 18.0 Å². The number of fused-ring (bicyclic) bond motifs is 1. The Balaban J connectivity index is 2.19. The number of nitrogens with zero attached hydrogens (tertiary/aromatic N) is 1. The molecule has 3 rings (SSSR count). The van der Waals surface area contributed by atoms with E-state index >= 15 is 0 Å². The van der Waals surface area contributed by atoms with Crippen LogP contribution in [-0.4, -0.2) is 18.1 Å². The van der Waals surface area contributed by atoms with Crippen LogP contribution < -0.4 is 0 Å². The lowest BCUT2D eigenvalue weighted by Gasteiger charge is -2.39. The van der Waals surface area contributed by atoms with Crippen LogP contribution in [-0.2, 0) is 14.9 Å². The van der Waals surface area contributed by atoms with Gasteiger partial charge in [0.2, 0.25) is 0 Å². The van der Waals surface area contributed by atoms with E-state index in [1.807, 2.05) is 24.3 Å². The van der Waals surface area contributed by atoms with Gasteiger partial charge in [-0.05, 0) is 40.9 Å². The minimum atomic E-state index is -0.509. The molecule has 19 heavy (non-hydrogen) atoms. The molecule has 0 unspecified atom stereocenters. The minimum absolute atomic E-state index is 0.156. The van der Waals surface area contributed by atoms with Crippen LogP contribution in [0.25, 0.3) is 10.9 Å². The lowest BCUT2D eigenvalue weighted by Crippen LogP contribution is -2.43. The van der Waals surface area contributed by atoms with Crippen LogP contribution in [0.15, 0.2) is 34.9 Å². The molecule has 0 atom stereocenters. The first kappa shape index (κ1) is 12.6. The molecule has 1 saturated carbocycles. The number of benzene rings is 1. The Kier molecular flexibility index (Phi) is 3.05. The number of halogens is 1. The molecule has 4 heteroatoms. The number of carbonyl (C=O) groups is 1. The Morgan fingerprint density at radius 1 is 1.37 bits per heavy atom. The van der Waals surface area contributed by atoms with Crippen molar-refractivity contribution >= 4 is 32.8 Å². The van der Waals surface area contributed by atoms with E-state index in [9.17, 15) is 4.79 Å². The molecule has 0 radical (unpaired) electrons. The summed E-state index contributed by atoms with van der Waals surface area (Å²) in [5.74, 6) is -0.156. The summed E-state index contributed by atoms with van der Waals surface area (Å²) < 4.78 is 5.74. The van der Waals surface area contributed by atoms with Gasteiger partial charge in [0.1, 0.15) is 4.60 Å². The highest BCUT2D eigenvalue weighted by Crippen LogP contribution is 2.47. The van der Waals surface area contributed by atoms with E-state index in [-0.39, 0.29) is 5.97 Å². The largest absolute Gasteiger partial charge is 0.468 e. The summed E-state index contributed by atoms with van der Waals surface area (Å²) >= 11 is 3.51. The lowest BCUT2D eigenvalue weighted by molar-refractivity contribution is -0.151. The van der Waals surface area contributed by atoms with E-state index in [1.54, 1.807) is 0 Å². The van der Waals surface area contributed by atoms with Gasteiger partial charge in [-0.3, -0.25) is 4.79 Å². The predicted molar refractivity (Wildman–Crippen MR) is 77.0 cm³/mol. The Morgan fingerprint density at radius 3 is 2.74 bits per heavy atom. The average molecular weight is 320 g/mol. The van der Waals surface area contributed by atoms with Crippen molar-refractivity contribution in [3.05, 3.63) is 40.5 Å². The highest BCUT2D eigenvalue weighted by molar-refractivity contribution is 9.10. The maximum Gasteiger partial charge on any atom is 0.316 e. The number of methoxy groups -OCH3 is 1. The number of hydrogen-bond donors (Lipinski definition) is 0. The molecule has 2 aromatic rings. The number of aromatic nitrogens is 1. The summed E-state index contributed by atoms with van der Waals surface area (Å²) in [7, 11) is 1.45. The predicted octanol–water partition coefficient (Wildman–Crippen LogP) is 3.59. The molecule has 0 aliphatic heterocycles. The zero-order chi connectivity index (χ0) is 13.5. The molecule has 98 valence electrons. The molecule has 3 nitrogen and oxygen atoms in total. The topological polar surface area (TPSA) is 39.2 Å². The van der Waals surface area contributed by atoms with Crippen molar-refractivity contribution in [3.8, 4) is 0 Å². The van der Waals surface area contributed by atoms with E-state index in [4.69, 9.17) is 4.74 Å². The standard InChI is InChI=1S/C15H14BrNO2/c1-19-14(18)15(7-4-8-15)11-9-10-5-2-3-6-12(10)17-13(11)16/h2-3,5-6,9H,4,7-8H2,1H3. The molecular formula is C15H14BrNO2. The monoisotopic (exact) mass is 319 g/mol. The van der Waals surface area contributed by atoms with E-state index in [0.717, 1.165) is 40.3 Å². The second-order valence-electron chi connectivity index (χ2n) is 4.95. The van der Waals surface area contributed by atoms with E-state index in [0.29, 0.717) is 0 Å². The zero-order valence-electron chi connectivity index (χ0n) is 10.6. The van der Waals surface area contributed by atoms with Crippen molar-refractivity contribution in [2.75, 3.05) is 7.11 Å². The molecule has 1 aromatic carbocycles. The fourth-order valence-electron chi connectivity index (χ4n) is 2.74. The normalized spacial score (nSPS) is 16.9. The smallest absolute Gasteiger partial charge is 0.316 e. The first-order valence-corrected chi connectivity index (χ1v) is 7.11. The van der Waals surface area contributed by atoms with Crippen LogP contribution in [0.4, 0.5) is 0 Å². The Morgan fingerprint density at radius 2 is 2.11 bits per heavy atom. The van der Waals surface area contributed by atoms with Crippen LogP contribution in [0.1, 0.15) is 24.8 Å². The number of esters is 1. The van der Waals surface area contributed by atoms with Crippen molar-refractivity contribution < 1.29 is 9.53 Å². The third kappa shape index (κ3) is 1.86. The fraction of sp³-hybridized carbons (Fsp3) is 0.333. The lowest BCUT2D eigenvalue weighted by atomic mass is 9.64. The van der Waals surface area contributed by atoms with Crippen LogP contribution in [0.3, 0.4) is 0 Å².